The molecule has 0 aliphatic carbocycles. The van der Waals surface area contributed by atoms with Crippen LogP contribution in [0, 0.1) is 0 Å². The number of ether oxygens (including phenoxy) is 1. The second-order valence-electron chi connectivity index (χ2n) is 6.55. The van der Waals surface area contributed by atoms with E-state index in [1.807, 2.05) is 29.2 Å². The molecule has 134 valence electrons. The first-order valence-electron chi connectivity index (χ1n) is 8.80. The lowest BCUT2D eigenvalue weighted by molar-refractivity contribution is -0.131. The van der Waals surface area contributed by atoms with Gasteiger partial charge in [0.25, 0.3) is 0 Å². The van der Waals surface area contributed by atoms with Crippen LogP contribution in [0.4, 0.5) is 0 Å². The van der Waals surface area contributed by atoms with Crippen molar-refractivity contribution >= 4 is 17.1 Å². The van der Waals surface area contributed by atoms with Crippen LogP contribution in [-0.2, 0) is 11.2 Å². The number of nitrogens with one attached hydrogen (secondary N) is 1. The number of aromatic nitrogens is 4. The van der Waals surface area contributed by atoms with Gasteiger partial charge in [0.2, 0.25) is 5.91 Å². The lowest BCUT2D eigenvalue weighted by Crippen LogP contribution is -2.38. The zero-order chi connectivity index (χ0) is 17.9. The maximum absolute atomic E-state index is 12.6. The van der Waals surface area contributed by atoms with Crippen molar-refractivity contribution < 1.29 is 9.53 Å². The predicted octanol–water partition coefficient (Wildman–Crippen LogP) is 2.31. The number of rotatable bonds is 4. The second kappa shape index (κ2) is 7.11. The Labute approximate surface area is 151 Å². The average molecular weight is 351 g/mol. The van der Waals surface area contributed by atoms with Crippen molar-refractivity contribution in [3.05, 3.63) is 47.9 Å². The molecule has 0 radical (unpaired) electrons. The minimum Gasteiger partial charge on any atom is -0.497 e. The highest BCUT2D eigenvalue weighted by atomic mass is 16.5. The summed E-state index contributed by atoms with van der Waals surface area (Å²) < 4.78 is 5.23. The summed E-state index contributed by atoms with van der Waals surface area (Å²) in [7, 11) is 1.63. The molecular weight excluding hydrogens is 330 g/mol. The van der Waals surface area contributed by atoms with Crippen LogP contribution in [0.1, 0.15) is 30.0 Å². The maximum atomic E-state index is 12.6. The number of piperidine rings is 1. The molecule has 0 unspecified atom stereocenters. The number of hydrogen-bond donors (Lipinski definition) is 1. The van der Waals surface area contributed by atoms with Gasteiger partial charge in [-0.15, -0.1) is 0 Å². The quantitative estimate of drug-likeness (QED) is 0.780. The summed E-state index contributed by atoms with van der Waals surface area (Å²) in [6, 6.07) is 7.68. The van der Waals surface area contributed by atoms with Gasteiger partial charge in [-0.2, -0.15) is 5.10 Å². The Hall–Kier alpha value is -2.96. The molecule has 1 fully saturated rings. The highest BCUT2D eigenvalue weighted by Crippen LogP contribution is 2.30. The van der Waals surface area contributed by atoms with E-state index in [9.17, 15) is 4.79 Å². The standard InChI is InChI=1S/C19H21N5O2/c1-26-15-4-2-3-13(11-15)12-16(25)24-9-5-14(6-10-24)17-18-19(23-22-17)21-8-7-20-18/h2-4,7-8,11,14H,5-6,9-10,12H2,1H3,(H,21,22,23). The number of amides is 1. The molecule has 26 heavy (non-hydrogen) atoms. The summed E-state index contributed by atoms with van der Waals surface area (Å²) in [6.45, 7) is 1.49. The van der Waals surface area contributed by atoms with Crippen LogP contribution in [-0.4, -0.2) is 51.2 Å². The summed E-state index contributed by atoms with van der Waals surface area (Å²) in [5.74, 6) is 1.27. The van der Waals surface area contributed by atoms with Gasteiger partial charge in [0.05, 0.1) is 19.2 Å². The SMILES string of the molecule is COc1cccc(CC(=O)N2CCC(c3[nH]nc4nccnc34)CC2)c1. The number of fused-ring (bicyclic) bond motifs is 1. The fourth-order valence-electron chi connectivity index (χ4n) is 3.54. The van der Waals surface area contributed by atoms with Gasteiger partial charge in [0.15, 0.2) is 5.65 Å². The van der Waals surface area contributed by atoms with E-state index in [0.29, 0.717) is 18.0 Å². The number of nitrogens with zero attached hydrogens (tertiary/aromatic N) is 4. The van der Waals surface area contributed by atoms with Gasteiger partial charge in [-0.1, -0.05) is 12.1 Å². The number of carbonyl (C=O) groups excluding carboxylic acids is 1. The van der Waals surface area contributed by atoms with Crippen molar-refractivity contribution in [3.8, 4) is 5.75 Å². The van der Waals surface area contributed by atoms with E-state index < -0.39 is 0 Å². The Morgan fingerprint density at radius 1 is 1.27 bits per heavy atom. The van der Waals surface area contributed by atoms with E-state index in [1.54, 1.807) is 19.5 Å². The molecule has 1 aliphatic rings. The van der Waals surface area contributed by atoms with Crippen LogP contribution in [0.15, 0.2) is 36.7 Å². The number of H-pyrrole nitrogens is 1. The Kier molecular flexibility index (Phi) is 4.51. The van der Waals surface area contributed by atoms with Gasteiger partial charge >= 0.3 is 0 Å². The highest BCUT2D eigenvalue weighted by molar-refractivity contribution is 5.79. The van der Waals surface area contributed by atoms with Crippen molar-refractivity contribution in [2.24, 2.45) is 0 Å². The third-order valence-electron chi connectivity index (χ3n) is 4.96. The van der Waals surface area contributed by atoms with E-state index in [0.717, 1.165) is 48.5 Å². The minimum atomic E-state index is 0.158. The van der Waals surface area contributed by atoms with Gasteiger partial charge in [0, 0.05) is 31.4 Å². The lowest BCUT2D eigenvalue weighted by atomic mass is 9.92. The van der Waals surface area contributed by atoms with Crippen molar-refractivity contribution in [3.63, 3.8) is 0 Å². The van der Waals surface area contributed by atoms with Crippen molar-refractivity contribution in [2.45, 2.75) is 25.2 Å². The van der Waals surface area contributed by atoms with Gasteiger partial charge in [0.1, 0.15) is 11.3 Å². The predicted molar refractivity (Wildman–Crippen MR) is 96.9 cm³/mol. The minimum absolute atomic E-state index is 0.158. The largest absolute Gasteiger partial charge is 0.497 e. The molecule has 0 saturated carbocycles. The Morgan fingerprint density at radius 2 is 2.08 bits per heavy atom. The molecule has 1 aliphatic heterocycles. The molecule has 3 heterocycles. The third-order valence-corrected chi connectivity index (χ3v) is 4.96. The molecular formula is C19H21N5O2. The molecule has 7 heteroatoms. The monoisotopic (exact) mass is 351 g/mol. The molecule has 0 spiro atoms. The van der Waals surface area contributed by atoms with Crippen molar-refractivity contribution in [2.75, 3.05) is 20.2 Å². The maximum Gasteiger partial charge on any atom is 0.226 e. The molecule has 0 bridgehead atoms. The number of hydrogen-bond acceptors (Lipinski definition) is 5. The molecule has 7 nitrogen and oxygen atoms in total. The first kappa shape index (κ1) is 16.5. The fraction of sp³-hybridized carbons (Fsp3) is 0.368. The summed E-state index contributed by atoms with van der Waals surface area (Å²) in [5, 5.41) is 7.32. The lowest BCUT2D eigenvalue weighted by Gasteiger charge is -2.31. The fourth-order valence-corrected chi connectivity index (χ4v) is 3.54. The molecule has 1 saturated heterocycles. The van der Waals surface area contributed by atoms with Gasteiger partial charge in [-0.25, -0.2) is 9.97 Å². The van der Waals surface area contributed by atoms with E-state index in [1.165, 1.54) is 0 Å². The topological polar surface area (TPSA) is 84.0 Å². The number of likely N-dealkylation sites (tertiary alicyclic amines) is 1. The molecule has 1 N–H and O–H groups in total. The molecule has 1 aromatic carbocycles. The molecule has 1 amide bonds. The molecule has 0 atom stereocenters. The first-order valence-corrected chi connectivity index (χ1v) is 8.80. The average Bonchev–Trinajstić information content (AvgIpc) is 3.12. The zero-order valence-corrected chi connectivity index (χ0v) is 14.7. The third kappa shape index (κ3) is 3.24. The van der Waals surface area contributed by atoms with Crippen LogP contribution >= 0.6 is 0 Å². The number of benzene rings is 1. The molecule has 2 aromatic heterocycles. The van der Waals surface area contributed by atoms with Crippen LogP contribution < -0.4 is 4.74 Å². The Balaban J connectivity index is 1.39. The van der Waals surface area contributed by atoms with Crippen LogP contribution in [0.3, 0.4) is 0 Å². The Morgan fingerprint density at radius 3 is 2.88 bits per heavy atom. The van der Waals surface area contributed by atoms with Gasteiger partial charge in [-0.05, 0) is 30.5 Å². The molecule has 3 aromatic rings. The van der Waals surface area contributed by atoms with Crippen LogP contribution in [0.25, 0.3) is 11.2 Å². The van der Waals surface area contributed by atoms with Crippen molar-refractivity contribution in [1.82, 2.24) is 25.1 Å². The first-order chi connectivity index (χ1) is 12.7. The number of carbonyl (C=O) groups is 1. The molecule has 4 rings (SSSR count). The van der Waals surface area contributed by atoms with Gasteiger partial charge < -0.3 is 9.64 Å². The summed E-state index contributed by atoms with van der Waals surface area (Å²) in [4.78, 5) is 23.2. The number of methoxy groups -OCH3 is 1. The summed E-state index contributed by atoms with van der Waals surface area (Å²) >= 11 is 0. The smallest absolute Gasteiger partial charge is 0.226 e. The summed E-state index contributed by atoms with van der Waals surface area (Å²) in [6.07, 6.45) is 5.54. The van der Waals surface area contributed by atoms with E-state index in [4.69, 9.17) is 4.74 Å². The normalized spacial score (nSPS) is 15.3. The summed E-state index contributed by atoms with van der Waals surface area (Å²) in [5.41, 5.74) is 3.51. The van der Waals surface area contributed by atoms with E-state index in [2.05, 4.69) is 20.2 Å². The van der Waals surface area contributed by atoms with Crippen molar-refractivity contribution in [1.29, 1.82) is 0 Å². The van der Waals surface area contributed by atoms with Crippen LogP contribution in [0.5, 0.6) is 5.75 Å². The highest BCUT2D eigenvalue weighted by Gasteiger charge is 2.26. The number of aromatic amines is 1. The van der Waals surface area contributed by atoms with Gasteiger partial charge in [-0.3, -0.25) is 9.89 Å². The van der Waals surface area contributed by atoms with E-state index >= 15 is 0 Å². The van der Waals surface area contributed by atoms with E-state index in [-0.39, 0.29) is 5.91 Å². The van der Waals surface area contributed by atoms with Crippen LogP contribution in [0.2, 0.25) is 0 Å². The Bertz CT molecular complexity index is 915. The zero-order valence-electron chi connectivity index (χ0n) is 14.7. The second-order valence-corrected chi connectivity index (χ2v) is 6.55.